The summed E-state index contributed by atoms with van der Waals surface area (Å²) in [5.74, 6) is -0.148. The molecule has 1 N–H and O–H groups in total. The summed E-state index contributed by atoms with van der Waals surface area (Å²) >= 11 is 0. The van der Waals surface area contributed by atoms with Gasteiger partial charge in [-0.3, -0.25) is 9.59 Å². The average molecular weight is 503 g/mol. The fourth-order valence-electron chi connectivity index (χ4n) is 4.15. The molecule has 0 aliphatic carbocycles. The zero-order chi connectivity index (χ0) is 26.5. The smallest absolute Gasteiger partial charge is 0.308 e. The van der Waals surface area contributed by atoms with Gasteiger partial charge in [-0.05, 0) is 53.3 Å². The number of carbonyl (C=O) groups excluding carboxylic acids is 2. The number of rotatable bonds is 14. The highest BCUT2D eigenvalue weighted by atomic mass is 16.5. The van der Waals surface area contributed by atoms with Gasteiger partial charge in [0.15, 0.2) is 5.82 Å². The predicted octanol–water partition coefficient (Wildman–Crippen LogP) is 3.89. The minimum atomic E-state index is -0.330. The fraction of sp³-hybridized carbons (Fsp3) is 0.429. The molecule has 194 valence electrons. The zero-order valence-electron chi connectivity index (χ0n) is 21.5. The third-order valence-electron chi connectivity index (χ3n) is 6.15. The van der Waals surface area contributed by atoms with Gasteiger partial charge in [-0.25, -0.2) is 4.68 Å². The van der Waals surface area contributed by atoms with E-state index in [9.17, 15) is 9.59 Å². The first kappa shape index (κ1) is 27.5. The summed E-state index contributed by atoms with van der Waals surface area (Å²) in [7, 11) is 0. The first-order valence-electron chi connectivity index (χ1n) is 12.7. The summed E-state index contributed by atoms with van der Waals surface area (Å²) in [5.41, 5.74) is 3.49. The number of amides is 1. The Bertz CT molecular complexity index is 1170. The summed E-state index contributed by atoms with van der Waals surface area (Å²) in [6, 6.07) is 20.5. The van der Waals surface area contributed by atoms with E-state index in [1.807, 2.05) is 25.1 Å². The predicted molar refractivity (Wildman–Crippen MR) is 139 cm³/mol. The Balaban J connectivity index is 1.59. The SMILES string of the molecule is CCOC(=O)[C@H](C)C[C@@H](CCc1ccc(-c2ccccc2)cc1)NC(=O)CCc1nnnn1CCC#N. The van der Waals surface area contributed by atoms with Gasteiger partial charge in [0, 0.05) is 18.9 Å². The number of carbonyl (C=O) groups is 2. The molecule has 9 nitrogen and oxygen atoms in total. The Hall–Kier alpha value is -4.06. The molecular weight excluding hydrogens is 468 g/mol. The maximum Gasteiger partial charge on any atom is 0.308 e. The van der Waals surface area contributed by atoms with Crippen molar-refractivity contribution in [2.75, 3.05) is 6.61 Å². The number of benzene rings is 2. The number of nitrogens with zero attached hydrogens (tertiary/aromatic N) is 5. The minimum Gasteiger partial charge on any atom is -0.466 e. The number of esters is 1. The van der Waals surface area contributed by atoms with Crippen LogP contribution in [0.15, 0.2) is 54.6 Å². The second kappa shape index (κ2) is 14.5. The van der Waals surface area contributed by atoms with Crippen LogP contribution >= 0.6 is 0 Å². The standard InChI is InChI=1S/C28H34N6O3/c1-3-37-28(36)21(2)20-25(30-27(35)17-16-26-31-32-33-34(26)19-7-18-29)15-12-22-10-13-24(14-11-22)23-8-5-4-6-9-23/h4-6,8-11,13-14,21,25H,3,7,12,15-17,19-20H2,1-2H3,(H,30,35)/t21-,25-/m1/s1. The molecule has 1 aromatic heterocycles. The van der Waals surface area contributed by atoms with Gasteiger partial charge in [-0.1, -0.05) is 61.5 Å². The molecule has 0 aliphatic rings. The van der Waals surface area contributed by atoms with Gasteiger partial charge < -0.3 is 10.1 Å². The largest absolute Gasteiger partial charge is 0.466 e. The monoisotopic (exact) mass is 502 g/mol. The quantitative estimate of drug-likeness (QED) is 0.332. The molecule has 1 heterocycles. The molecule has 0 spiro atoms. The Labute approximate surface area is 217 Å². The van der Waals surface area contributed by atoms with Crippen LogP contribution in [0.1, 0.15) is 50.9 Å². The number of tetrazole rings is 1. The van der Waals surface area contributed by atoms with E-state index >= 15 is 0 Å². The van der Waals surface area contributed by atoms with Crippen LogP contribution in [-0.4, -0.2) is 44.7 Å². The lowest BCUT2D eigenvalue weighted by molar-refractivity contribution is -0.148. The van der Waals surface area contributed by atoms with Gasteiger partial charge >= 0.3 is 5.97 Å². The number of nitrogens with one attached hydrogen (secondary N) is 1. The second-order valence-electron chi connectivity index (χ2n) is 8.98. The van der Waals surface area contributed by atoms with Crippen LogP contribution in [0.5, 0.6) is 0 Å². The maximum absolute atomic E-state index is 12.8. The molecule has 2 atom stereocenters. The summed E-state index contributed by atoms with van der Waals surface area (Å²) in [6.07, 6.45) is 2.83. The van der Waals surface area contributed by atoms with Crippen molar-refractivity contribution in [2.24, 2.45) is 5.92 Å². The highest BCUT2D eigenvalue weighted by Gasteiger charge is 2.22. The molecule has 3 rings (SSSR count). The van der Waals surface area contributed by atoms with Crippen molar-refractivity contribution in [3.63, 3.8) is 0 Å². The number of aryl methyl sites for hydroxylation is 3. The van der Waals surface area contributed by atoms with Crippen molar-refractivity contribution in [1.82, 2.24) is 25.5 Å². The van der Waals surface area contributed by atoms with E-state index in [-0.39, 0.29) is 30.3 Å². The van der Waals surface area contributed by atoms with Crippen LogP contribution in [-0.2, 0) is 33.7 Å². The highest BCUT2D eigenvalue weighted by Crippen LogP contribution is 2.21. The average Bonchev–Trinajstić information content (AvgIpc) is 3.37. The first-order chi connectivity index (χ1) is 18.0. The molecule has 0 saturated heterocycles. The number of ether oxygens (including phenoxy) is 1. The Morgan fingerprint density at radius 2 is 1.81 bits per heavy atom. The van der Waals surface area contributed by atoms with Crippen LogP contribution in [0.4, 0.5) is 0 Å². The van der Waals surface area contributed by atoms with Gasteiger partial charge in [-0.2, -0.15) is 5.26 Å². The van der Waals surface area contributed by atoms with Crippen LogP contribution in [0.2, 0.25) is 0 Å². The Kier molecular flexibility index (Phi) is 10.8. The Morgan fingerprint density at radius 1 is 1.08 bits per heavy atom. The van der Waals surface area contributed by atoms with Crippen molar-refractivity contribution in [3.8, 4) is 17.2 Å². The Morgan fingerprint density at radius 3 is 2.51 bits per heavy atom. The van der Waals surface area contributed by atoms with Gasteiger partial charge in [0.25, 0.3) is 0 Å². The molecule has 2 aromatic carbocycles. The van der Waals surface area contributed by atoms with E-state index in [0.717, 1.165) is 12.0 Å². The topological polar surface area (TPSA) is 123 Å². The third-order valence-corrected chi connectivity index (χ3v) is 6.15. The second-order valence-corrected chi connectivity index (χ2v) is 8.98. The lowest BCUT2D eigenvalue weighted by atomic mass is 9.95. The molecule has 0 unspecified atom stereocenters. The summed E-state index contributed by atoms with van der Waals surface area (Å²) in [4.78, 5) is 25.0. The van der Waals surface area contributed by atoms with Crippen molar-refractivity contribution < 1.29 is 14.3 Å². The zero-order valence-corrected chi connectivity index (χ0v) is 21.5. The van der Waals surface area contributed by atoms with E-state index in [4.69, 9.17) is 10.00 Å². The van der Waals surface area contributed by atoms with Crippen molar-refractivity contribution >= 4 is 11.9 Å². The molecule has 0 radical (unpaired) electrons. The van der Waals surface area contributed by atoms with Gasteiger partial charge in [-0.15, -0.1) is 5.10 Å². The van der Waals surface area contributed by atoms with Gasteiger partial charge in [0.2, 0.25) is 5.91 Å². The number of hydrogen-bond acceptors (Lipinski definition) is 7. The van der Waals surface area contributed by atoms with Crippen LogP contribution in [0.3, 0.4) is 0 Å². The maximum atomic E-state index is 12.8. The number of hydrogen-bond donors (Lipinski definition) is 1. The fourth-order valence-corrected chi connectivity index (χ4v) is 4.15. The normalized spacial score (nSPS) is 12.4. The van der Waals surface area contributed by atoms with Crippen LogP contribution < -0.4 is 5.32 Å². The number of aromatic nitrogens is 4. The first-order valence-corrected chi connectivity index (χ1v) is 12.7. The summed E-state index contributed by atoms with van der Waals surface area (Å²) in [5, 5.41) is 23.4. The molecule has 0 aliphatic heterocycles. The number of nitriles is 1. The lowest BCUT2D eigenvalue weighted by Gasteiger charge is -2.22. The lowest BCUT2D eigenvalue weighted by Crippen LogP contribution is -2.38. The van der Waals surface area contributed by atoms with E-state index < -0.39 is 0 Å². The molecular formula is C28H34N6O3. The molecule has 1 amide bonds. The van der Waals surface area contributed by atoms with Gasteiger partial charge in [0.05, 0.1) is 31.6 Å². The van der Waals surface area contributed by atoms with Crippen molar-refractivity contribution in [2.45, 2.75) is 65.0 Å². The van der Waals surface area contributed by atoms with Crippen LogP contribution in [0, 0.1) is 17.2 Å². The molecule has 9 heteroatoms. The molecule has 0 bridgehead atoms. The van der Waals surface area contributed by atoms with Crippen molar-refractivity contribution in [1.29, 1.82) is 5.26 Å². The van der Waals surface area contributed by atoms with E-state index in [2.05, 4.69) is 63.3 Å². The van der Waals surface area contributed by atoms with E-state index in [0.29, 0.717) is 44.7 Å². The van der Waals surface area contributed by atoms with Crippen LogP contribution in [0.25, 0.3) is 11.1 Å². The molecule has 0 saturated carbocycles. The third kappa shape index (κ3) is 8.83. The molecule has 3 aromatic rings. The highest BCUT2D eigenvalue weighted by molar-refractivity contribution is 5.76. The summed E-state index contributed by atoms with van der Waals surface area (Å²) in [6.45, 7) is 4.33. The van der Waals surface area contributed by atoms with E-state index in [1.54, 1.807) is 11.6 Å². The van der Waals surface area contributed by atoms with Crippen molar-refractivity contribution in [3.05, 3.63) is 66.0 Å². The minimum absolute atomic E-state index is 0.129. The molecule has 37 heavy (non-hydrogen) atoms. The molecule has 0 fully saturated rings. The summed E-state index contributed by atoms with van der Waals surface area (Å²) < 4.78 is 6.72. The van der Waals surface area contributed by atoms with Gasteiger partial charge in [0.1, 0.15) is 0 Å². The van der Waals surface area contributed by atoms with E-state index in [1.165, 1.54) is 11.1 Å².